The zero-order valence-corrected chi connectivity index (χ0v) is 8.33. The van der Waals surface area contributed by atoms with E-state index in [0.29, 0.717) is 0 Å². The highest BCUT2D eigenvalue weighted by atomic mass is 14.6. The van der Waals surface area contributed by atoms with Crippen molar-refractivity contribution in [1.82, 2.24) is 4.98 Å². The van der Waals surface area contributed by atoms with Gasteiger partial charge in [0, 0.05) is 6.20 Å². The average molecular weight is 163 g/mol. The molecule has 1 heterocycles. The smallest absolute Gasteiger partial charge is 0.0628 e. The van der Waals surface area contributed by atoms with Gasteiger partial charge in [0.2, 0.25) is 0 Å². The van der Waals surface area contributed by atoms with Gasteiger partial charge in [-0.3, -0.25) is 4.98 Å². The molecule has 0 spiro atoms. The summed E-state index contributed by atoms with van der Waals surface area (Å²) in [4.78, 5) is 4.14. The van der Waals surface area contributed by atoms with Gasteiger partial charge in [-0.05, 0) is 32.1 Å². The molecule has 1 nitrogen and oxygen atoms in total. The van der Waals surface area contributed by atoms with Crippen LogP contribution in [-0.4, -0.2) is 4.98 Å². The fourth-order valence-electron chi connectivity index (χ4n) is 0.757. The molecule has 0 radical (unpaired) electrons. The van der Waals surface area contributed by atoms with Crippen LogP contribution in [0.4, 0.5) is 0 Å². The predicted molar refractivity (Wildman–Crippen MR) is 54.9 cm³/mol. The van der Waals surface area contributed by atoms with Gasteiger partial charge in [-0.15, -0.1) is 0 Å². The van der Waals surface area contributed by atoms with Crippen molar-refractivity contribution in [2.24, 2.45) is 0 Å². The Labute approximate surface area is 75.2 Å². The van der Waals surface area contributed by atoms with Crippen LogP contribution in [0.2, 0.25) is 0 Å². The first-order chi connectivity index (χ1) is 5.79. The molecule has 1 aromatic heterocycles. The zero-order valence-electron chi connectivity index (χ0n) is 8.33. The largest absolute Gasteiger partial charge is 0.257 e. The summed E-state index contributed by atoms with van der Waals surface area (Å²) < 4.78 is 0. The van der Waals surface area contributed by atoms with Crippen molar-refractivity contribution in [3.63, 3.8) is 0 Å². The van der Waals surface area contributed by atoms with E-state index >= 15 is 0 Å². The van der Waals surface area contributed by atoms with E-state index in [-0.39, 0.29) is 0 Å². The van der Waals surface area contributed by atoms with Crippen LogP contribution >= 0.6 is 0 Å². The molecule has 0 saturated carbocycles. The summed E-state index contributed by atoms with van der Waals surface area (Å²) in [6.45, 7) is 8.13. The van der Waals surface area contributed by atoms with Crippen LogP contribution < -0.4 is 0 Å². The van der Waals surface area contributed by atoms with Gasteiger partial charge < -0.3 is 0 Å². The molecule has 1 aromatic rings. The number of aromatic nitrogens is 1. The number of pyridine rings is 1. The molecule has 1 rings (SSSR count). The van der Waals surface area contributed by atoms with Gasteiger partial charge in [0.1, 0.15) is 0 Å². The highest BCUT2D eigenvalue weighted by molar-refractivity contribution is 5.46. The van der Waals surface area contributed by atoms with Crippen LogP contribution in [0.25, 0.3) is 6.08 Å². The van der Waals surface area contributed by atoms with Gasteiger partial charge in [0.05, 0.1) is 5.69 Å². The molecular formula is C11H17N. The van der Waals surface area contributed by atoms with E-state index in [1.54, 1.807) is 6.20 Å². The van der Waals surface area contributed by atoms with E-state index in [2.05, 4.69) is 24.9 Å². The minimum Gasteiger partial charge on any atom is -0.257 e. The second kappa shape index (κ2) is 6.59. The van der Waals surface area contributed by atoms with Gasteiger partial charge in [-0.1, -0.05) is 25.5 Å². The molecule has 0 fully saturated rings. The standard InChI is InChI=1S/C9H11N.C2H6/c1-8(2)7-9-5-3-4-6-10-9;1-2/h3-7H,1-2H3;1-2H3. The van der Waals surface area contributed by atoms with Crippen LogP contribution in [0.3, 0.4) is 0 Å². The molecule has 0 bridgehead atoms. The van der Waals surface area contributed by atoms with Crippen LogP contribution in [0.15, 0.2) is 30.0 Å². The van der Waals surface area contributed by atoms with Crippen LogP contribution in [0, 0.1) is 0 Å². The lowest BCUT2D eigenvalue weighted by atomic mass is 10.2. The first-order valence-corrected chi connectivity index (χ1v) is 4.35. The number of rotatable bonds is 1. The monoisotopic (exact) mass is 163 g/mol. The fraction of sp³-hybridized carbons (Fsp3) is 0.364. The second-order valence-corrected chi connectivity index (χ2v) is 2.48. The van der Waals surface area contributed by atoms with Crippen molar-refractivity contribution in [1.29, 1.82) is 0 Å². The van der Waals surface area contributed by atoms with Crippen molar-refractivity contribution in [2.45, 2.75) is 27.7 Å². The maximum atomic E-state index is 4.14. The molecule has 0 saturated heterocycles. The molecule has 0 unspecified atom stereocenters. The predicted octanol–water partition coefficient (Wildman–Crippen LogP) is 3.53. The Balaban J connectivity index is 0.000000561. The lowest BCUT2D eigenvalue weighted by Crippen LogP contribution is -1.76. The Bertz CT molecular complexity index is 220. The SMILES string of the molecule is CC.CC(C)=Cc1ccccn1. The second-order valence-electron chi connectivity index (χ2n) is 2.48. The maximum Gasteiger partial charge on any atom is 0.0628 e. The van der Waals surface area contributed by atoms with E-state index in [0.717, 1.165) is 5.69 Å². The molecule has 0 aliphatic heterocycles. The summed E-state index contributed by atoms with van der Waals surface area (Å²) in [5.74, 6) is 0. The van der Waals surface area contributed by atoms with Crippen molar-refractivity contribution >= 4 is 6.08 Å². The fourth-order valence-corrected chi connectivity index (χ4v) is 0.757. The van der Waals surface area contributed by atoms with Crippen LogP contribution in [0.5, 0.6) is 0 Å². The number of allylic oxidation sites excluding steroid dienone is 1. The minimum absolute atomic E-state index is 1.03. The molecule has 66 valence electrons. The number of hydrogen-bond acceptors (Lipinski definition) is 1. The molecule has 0 aliphatic carbocycles. The van der Waals surface area contributed by atoms with Gasteiger partial charge in [-0.2, -0.15) is 0 Å². The zero-order chi connectivity index (χ0) is 9.40. The molecule has 0 N–H and O–H groups in total. The van der Waals surface area contributed by atoms with Crippen molar-refractivity contribution in [3.8, 4) is 0 Å². The summed E-state index contributed by atoms with van der Waals surface area (Å²) in [6.07, 6.45) is 3.86. The number of nitrogens with zero attached hydrogens (tertiary/aromatic N) is 1. The van der Waals surface area contributed by atoms with Crippen molar-refractivity contribution in [2.75, 3.05) is 0 Å². The normalized spacial score (nSPS) is 8.00. The summed E-state index contributed by atoms with van der Waals surface area (Å²) in [6, 6.07) is 5.90. The lowest BCUT2D eigenvalue weighted by Gasteiger charge is -1.90. The van der Waals surface area contributed by atoms with E-state index < -0.39 is 0 Å². The Morgan fingerprint density at radius 3 is 2.33 bits per heavy atom. The highest BCUT2D eigenvalue weighted by Crippen LogP contribution is 2.00. The van der Waals surface area contributed by atoms with Crippen molar-refractivity contribution < 1.29 is 0 Å². The highest BCUT2D eigenvalue weighted by Gasteiger charge is 1.83. The molecule has 0 aromatic carbocycles. The third-order valence-electron chi connectivity index (χ3n) is 1.12. The first-order valence-electron chi connectivity index (χ1n) is 4.35. The molecule has 0 atom stereocenters. The third-order valence-corrected chi connectivity index (χ3v) is 1.12. The Hall–Kier alpha value is -1.11. The van der Waals surface area contributed by atoms with Crippen LogP contribution in [-0.2, 0) is 0 Å². The minimum atomic E-state index is 1.03. The summed E-state index contributed by atoms with van der Waals surface area (Å²) in [7, 11) is 0. The average Bonchev–Trinajstić information content (AvgIpc) is 2.08. The molecule has 12 heavy (non-hydrogen) atoms. The van der Waals surface area contributed by atoms with E-state index in [1.807, 2.05) is 32.0 Å². The lowest BCUT2D eigenvalue weighted by molar-refractivity contribution is 1.28. The third kappa shape index (κ3) is 4.67. The van der Waals surface area contributed by atoms with Gasteiger partial charge in [0.25, 0.3) is 0 Å². The van der Waals surface area contributed by atoms with Crippen molar-refractivity contribution in [3.05, 3.63) is 35.7 Å². The van der Waals surface area contributed by atoms with Gasteiger partial charge in [0.15, 0.2) is 0 Å². The Kier molecular flexibility index (Phi) is 5.98. The van der Waals surface area contributed by atoms with Gasteiger partial charge in [-0.25, -0.2) is 0 Å². The first kappa shape index (κ1) is 10.9. The Morgan fingerprint density at radius 1 is 1.25 bits per heavy atom. The summed E-state index contributed by atoms with van der Waals surface area (Å²) in [5.41, 5.74) is 2.31. The topological polar surface area (TPSA) is 12.9 Å². The van der Waals surface area contributed by atoms with E-state index in [1.165, 1.54) is 5.57 Å². The van der Waals surface area contributed by atoms with E-state index in [9.17, 15) is 0 Å². The van der Waals surface area contributed by atoms with Crippen LogP contribution in [0.1, 0.15) is 33.4 Å². The Morgan fingerprint density at radius 2 is 1.92 bits per heavy atom. The quantitative estimate of drug-likeness (QED) is 0.617. The molecular weight excluding hydrogens is 146 g/mol. The molecule has 1 heteroatoms. The van der Waals surface area contributed by atoms with Gasteiger partial charge >= 0.3 is 0 Å². The summed E-state index contributed by atoms with van der Waals surface area (Å²) in [5, 5.41) is 0. The summed E-state index contributed by atoms with van der Waals surface area (Å²) >= 11 is 0. The molecule has 0 amide bonds. The number of hydrogen-bond donors (Lipinski definition) is 0. The molecule has 0 aliphatic rings. The maximum absolute atomic E-state index is 4.14. The van der Waals surface area contributed by atoms with E-state index in [4.69, 9.17) is 0 Å².